The Morgan fingerprint density at radius 1 is 0.370 bits per heavy atom. The molecule has 9 aromatic carbocycles. The zero-order valence-corrected chi connectivity index (χ0v) is 38.4. The molecule has 0 atom stereocenters. The van der Waals surface area contributed by atoms with E-state index in [1.165, 1.54) is 0 Å². The fraction of sp³-hybridized carbons (Fsp3) is 0. The molecule has 0 aliphatic rings. The van der Waals surface area contributed by atoms with Crippen LogP contribution in [0.3, 0.4) is 0 Å². The number of rotatable bonds is 8. The van der Waals surface area contributed by atoms with Crippen molar-refractivity contribution in [3.63, 3.8) is 0 Å². The smallest absolute Gasteiger partial charge is 0.196 e. The Balaban J connectivity index is 1.27. The Kier molecular flexibility index (Phi) is 11.3. The molecule has 73 heavy (non-hydrogen) atoms. The zero-order valence-electron chi connectivity index (χ0n) is 38.4. The summed E-state index contributed by atoms with van der Waals surface area (Å²) in [6.07, 6.45) is 0. The van der Waals surface area contributed by atoms with E-state index in [2.05, 4.69) is 61.6 Å². The number of aromatic nitrogens is 4. The molecule has 11 aromatic rings. The van der Waals surface area contributed by atoms with Crippen LogP contribution in [0, 0.1) is 53.7 Å². The first-order valence-corrected chi connectivity index (χ1v) is 22.8. The number of hydrogen-bond donors (Lipinski definition) is 0. The molecule has 0 aliphatic heterocycles. The Bertz CT molecular complexity index is 4040. The Morgan fingerprint density at radius 3 is 1.37 bits per heavy atom. The lowest BCUT2D eigenvalue weighted by Gasteiger charge is -2.21. The standard InChI is InChI=1S/C63H32N10/c1-67-49-23-19-42(20-24-49)54-35-47(63-71-61(43-10-6-4-7-11-43)70-62(72-63)44-12-8-5-9-13-44)34-53(41-17-14-39(36-64)15-18-41)60(54)73-58-28-21-45(51-27-25-50(68-2)31-48(51)38-66)32-55(58)56-33-46(22-29-59(56)73)52-26-16-40(37-65)30-57(52)69-3/h4-35H. The molecule has 10 nitrogen and oxygen atoms in total. The molecule has 0 unspecified atom stereocenters. The van der Waals surface area contributed by atoms with Gasteiger partial charge >= 0.3 is 0 Å². The highest BCUT2D eigenvalue weighted by atomic mass is 15.0. The van der Waals surface area contributed by atoms with Gasteiger partial charge in [-0.25, -0.2) is 29.5 Å². The van der Waals surface area contributed by atoms with E-state index in [9.17, 15) is 15.8 Å². The van der Waals surface area contributed by atoms with Crippen LogP contribution < -0.4 is 0 Å². The van der Waals surface area contributed by atoms with E-state index < -0.39 is 0 Å². The predicted molar refractivity (Wildman–Crippen MR) is 285 cm³/mol. The number of fused-ring (bicyclic) bond motifs is 3. The molecular weight excluding hydrogens is 897 g/mol. The highest BCUT2D eigenvalue weighted by Gasteiger charge is 2.25. The first-order chi connectivity index (χ1) is 35.9. The minimum Gasteiger partial charge on any atom is -0.308 e. The normalized spacial score (nSPS) is 10.7. The quantitative estimate of drug-likeness (QED) is 0.140. The number of nitriles is 3. The van der Waals surface area contributed by atoms with Gasteiger partial charge in [0, 0.05) is 49.7 Å². The average molecular weight is 929 g/mol. The second kappa shape index (κ2) is 18.7. The van der Waals surface area contributed by atoms with Crippen LogP contribution >= 0.6 is 0 Å². The van der Waals surface area contributed by atoms with Crippen molar-refractivity contribution < 1.29 is 0 Å². The van der Waals surface area contributed by atoms with Crippen LogP contribution in [-0.4, -0.2) is 19.5 Å². The van der Waals surface area contributed by atoms with Gasteiger partial charge in [0.1, 0.15) is 0 Å². The molecule has 0 spiro atoms. The predicted octanol–water partition coefficient (Wildman–Crippen LogP) is 15.9. The maximum atomic E-state index is 10.3. The van der Waals surface area contributed by atoms with Crippen molar-refractivity contribution in [2.75, 3.05) is 0 Å². The van der Waals surface area contributed by atoms with Gasteiger partial charge < -0.3 is 4.57 Å². The molecule has 0 N–H and O–H groups in total. The maximum absolute atomic E-state index is 10.3. The first-order valence-electron chi connectivity index (χ1n) is 22.8. The number of hydrogen-bond acceptors (Lipinski definition) is 6. The van der Waals surface area contributed by atoms with Crippen molar-refractivity contribution in [3.05, 3.63) is 245 Å². The molecule has 0 radical (unpaired) electrons. The van der Waals surface area contributed by atoms with Gasteiger partial charge in [0.05, 0.1) is 60.2 Å². The van der Waals surface area contributed by atoms with Gasteiger partial charge in [-0.1, -0.05) is 127 Å². The Hall–Kier alpha value is -11.3. The van der Waals surface area contributed by atoms with E-state index in [1.54, 1.807) is 60.7 Å². The van der Waals surface area contributed by atoms with Crippen LogP contribution in [0.2, 0.25) is 0 Å². The summed E-state index contributed by atoms with van der Waals surface area (Å²) >= 11 is 0. The van der Waals surface area contributed by atoms with Crippen molar-refractivity contribution in [1.29, 1.82) is 15.8 Å². The molecule has 0 amide bonds. The second-order valence-electron chi connectivity index (χ2n) is 17.0. The van der Waals surface area contributed by atoms with E-state index in [-0.39, 0.29) is 0 Å². The third kappa shape index (κ3) is 8.11. The maximum Gasteiger partial charge on any atom is 0.196 e. The van der Waals surface area contributed by atoms with Crippen molar-refractivity contribution >= 4 is 38.9 Å². The van der Waals surface area contributed by atoms with E-state index in [1.807, 2.05) is 109 Å². The Labute approximate surface area is 420 Å². The lowest BCUT2D eigenvalue weighted by atomic mass is 9.92. The molecule has 0 saturated heterocycles. The van der Waals surface area contributed by atoms with E-state index in [0.29, 0.717) is 67.9 Å². The summed E-state index contributed by atoms with van der Waals surface area (Å²) in [5, 5.41) is 31.7. The van der Waals surface area contributed by atoms with Crippen LogP contribution in [0.4, 0.5) is 17.1 Å². The zero-order chi connectivity index (χ0) is 50.0. The van der Waals surface area contributed by atoms with E-state index >= 15 is 0 Å². The summed E-state index contributed by atoms with van der Waals surface area (Å²) in [5.41, 5.74) is 13.2. The summed E-state index contributed by atoms with van der Waals surface area (Å²) in [7, 11) is 0. The van der Waals surface area contributed by atoms with Gasteiger partial charge in [-0.15, -0.1) is 0 Å². The summed E-state index contributed by atoms with van der Waals surface area (Å²) in [4.78, 5) is 26.4. The van der Waals surface area contributed by atoms with Gasteiger partial charge in [-0.2, -0.15) is 15.8 Å². The third-order valence-corrected chi connectivity index (χ3v) is 12.8. The van der Waals surface area contributed by atoms with Gasteiger partial charge in [0.25, 0.3) is 0 Å². The molecule has 2 heterocycles. The largest absolute Gasteiger partial charge is 0.308 e. The average Bonchev–Trinajstić information content (AvgIpc) is 3.79. The molecule has 10 heteroatoms. The van der Waals surface area contributed by atoms with Gasteiger partial charge in [-0.3, -0.25) is 0 Å². The molecule has 2 aromatic heterocycles. The van der Waals surface area contributed by atoms with Crippen LogP contribution in [0.1, 0.15) is 16.7 Å². The lowest BCUT2D eigenvalue weighted by molar-refractivity contribution is 1.07. The van der Waals surface area contributed by atoms with Crippen molar-refractivity contribution in [2.24, 2.45) is 0 Å². The SMILES string of the molecule is [C-]#[N+]c1ccc(-c2cc(-c3nc(-c4ccccc4)nc(-c4ccccc4)n3)cc(-c3ccc(C#N)cc3)c2-n2c3ccc(-c4ccc([N+]#[C-])cc4C#N)cc3c3cc(-c4ccc(C#N)cc4[N+]#[C-])ccc32)cc1. The van der Waals surface area contributed by atoms with E-state index in [4.69, 9.17) is 34.7 Å². The van der Waals surface area contributed by atoms with Crippen LogP contribution in [0.15, 0.2) is 194 Å². The summed E-state index contributed by atoms with van der Waals surface area (Å²) in [6, 6.07) is 67.7. The van der Waals surface area contributed by atoms with Gasteiger partial charge in [-0.05, 0) is 100 Å². The number of nitrogens with zero attached hydrogens (tertiary/aromatic N) is 10. The van der Waals surface area contributed by atoms with Crippen molar-refractivity contribution in [1.82, 2.24) is 19.5 Å². The summed E-state index contributed by atoms with van der Waals surface area (Å²) in [6.45, 7) is 23.5. The fourth-order valence-electron chi connectivity index (χ4n) is 9.31. The lowest BCUT2D eigenvalue weighted by Crippen LogP contribution is -2.04. The van der Waals surface area contributed by atoms with Crippen LogP contribution in [0.5, 0.6) is 0 Å². The first kappa shape index (κ1) is 44.2. The molecule has 0 bridgehead atoms. The number of benzene rings is 9. The molecular formula is C63H32N10. The molecule has 334 valence electrons. The van der Waals surface area contributed by atoms with Crippen molar-refractivity contribution in [3.8, 4) is 103 Å². The fourth-order valence-corrected chi connectivity index (χ4v) is 9.31. The third-order valence-electron chi connectivity index (χ3n) is 12.8. The highest BCUT2D eigenvalue weighted by Crippen LogP contribution is 2.46. The molecule has 0 saturated carbocycles. The van der Waals surface area contributed by atoms with Crippen LogP contribution in [0.25, 0.3) is 121 Å². The second-order valence-corrected chi connectivity index (χ2v) is 17.0. The molecule has 0 fully saturated rings. The van der Waals surface area contributed by atoms with E-state index in [0.717, 1.165) is 72.0 Å². The molecule has 0 aliphatic carbocycles. The Morgan fingerprint density at radius 2 is 0.849 bits per heavy atom. The molecule has 11 rings (SSSR count). The van der Waals surface area contributed by atoms with Gasteiger partial charge in [0.15, 0.2) is 34.5 Å². The minimum absolute atomic E-state index is 0.342. The highest BCUT2D eigenvalue weighted by molar-refractivity contribution is 6.13. The topological polar surface area (TPSA) is 128 Å². The minimum atomic E-state index is 0.342. The monoisotopic (exact) mass is 928 g/mol. The van der Waals surface area contributed by atoms with Crippen molar-refractivity contribution in [2.45, 2.75) is 0 Å². The summed E-state index contributed by atoms with van der Waals surface area (Å²) < 4.78 is 2.22. The summed E-state index contributed by atoms with van der Waals surface area (Å²) in [5.74, 6) is 1.43. The van der Waals surface area contributed by atoms with Gasteiger partial charge in [0.2, 0.25) is 0 Å². The van der Waals surface area contributed by atoms with Crippen LogP contribution in [-0.2, 0) is 0 Å².